The van der Waals surface area contributed by atoms with Crippen LogP contribution in [0.2, 0.25) is 0 Å². The Balaban J connectivity index is 1.51. The van der Waals surface area contributed by atoms with E-state index in [0.717, 1.165) is 30.8 Å². The largest absolute Gasteiger partial charge is 0.379 e. The number of carbonyl (C=O) groups is 1. The first-order valence-electron chi connectivity index (χ1n) is 11.0. The summed E-state index contributed by atoms with van der Waals surface area (Å²) >= 11 is 0. The summed E-state index contributed by atoms with van der Waals surface area (Å²) in [6.45, 7) is 3.86. The van der Waals surface area contributed by atoms with Crippen LogP contribution in [0.5, 0.6) is 0 Å². The Hall–Kier alpha value is -2.37. The van der Waals surface area contributed by atoms with Gasteiger partial charge in [0.05, 0.1) is 32.5 Å². The molecule has 0 aliphatic carbocycles. The fraction of sp³-hybridized carbons (Fsp3) is 0.435. The Labute approximate surface area is 193 Å². The molecular weight excluding hydrogens is 449 g/mol. The Bertz CT molecular complexity index is 1060. The molecule has 1 atom stereocenters. The molecule has 0 aromatic heterocycles. The molecule has 33 heavy (non-hydrogen) atoms. The summed E-state index contributed by atoms with van der Waals surface area (Å²) in [7, 11) is -4.06. The highest BCUT2D eigenvalue weighted by Gasteiger charge is 2.30. The van der Waals surface area contributed by atoms with Gasteiger partial charge in [0.15, 0.2) is 0 Å². The Morgan fingerprint density at radius 2 is 1.61 bits per heavy atom. The van der Waals surface area contributed by atoms with Crippen LogP contribution in [0.4, 0.5) is 4.39 Å². The van der Waals surface area contributed by atoms with Crippen LogP contribution in [0.1, 0.15) is 22.0 Å². The lowest BCUT2D eigenvalue weighted by Crippen LogP contribution is -2.44. The smallest absolute Gasteiger partial charge is 0.251 e. The predicted octanol–water partition coefficient (Wildman–Crippen LogP) is 1.65. The summed E-state index contributed by atoms with van der Waals surface area (Å²) in [5, 5.41) is 2.90. The first-order chi connectivity index (χ1) is 16.0. The number of rotatable bonds is 7. The Kier molecular flexibility index (Phi) is 7.71. The minimum Gasteiger partial charge on any atom is -0.379 e. The maximum absolute atomic E-state index is 14.5. The van der Waals surface area contributed by atoms with E-state index in [1.807, 2.05) is 30.3 Å². The lowest BCUT2D eigenvalue weighted by Gasteiger charge is -2.35. The molecule has 1 unspecified atom stereocenters. The van der Waals surface area contributed by atoms with Gasteiger partial charge >= 0.3 is 0 Å². The van der Waals surface area contributed by atoms with Gasteiger partial charge in [0, 0.05) is 38.3 Å². The van der Waals surface area contributed by atoms with E-state index >= 15 is 0 Å². The van der Waals surface area contributed by atoms with Crippen molar-refractivity contribution in [2.75, 3.05) is 59.2 Å². The van der Waals surface area contributed by atoms with E-state index in [0.29, 0.717) is 19.8 Å². The zero-order chi connectivity index (χ0) is 23.3. The summed E-state index contributed by atoms with van der Waals surface area (Å²) < 4.78 is 52.1. The molecule has 2 aliphatic heterocycles. The summed E-state index contributed by atoms with van der Waals surface area (Å²) in [4.78, 5) is 14.7. The molecule has 0 saturated carbocycles. The summed E-state index contributed by atoms with van der Waals surface area (Å²) in [5.41, 5.74) is 1.16. The van der Waals surface area contributed by atoms with Crippen LogP contribution in [-0.2, 0) is 19.5 Å². The lowest BCUT2D eigenvalue weighted by atomic mass is 10.0. The molecule has 2 fully saturated rings. The molecule has 8 nitrogen and oxygen atoms in total. The quantitative estimate of drug-likeness (QED) is 0.653. The molecule has 0 spiro atoms. The monoisotopic (exact) mass is 477 g/mol. The van der Waals surface area contributed by atoms with Crippen molar-refractivity contribution >= 4 is 15.9 Å². The zero-order valence-electron chi connectivity index (χ0n) is 18.3. The number of hydrogen-bond donors (Lipinski definition) is 1. The van der Waals surface area contributed by atoms with E-state index < -0.39 is 26.6 Å². The fourth-order valence-corrected chi connectivity index (χ4v) is 5.58. The molecule has 0 bridgehead atoms. The topological polar surface area (TPSA) is 88.2 Å². The number of hydrogen-bond acceptors (Lipinski definition) is 6. The van der Waals surface area contributed by atoms with Crippen LogP contribution < -0.4 is 5.32 Å². The summed E-state index contributed by atoms with van der Waals surface area (Å²) in [6, 6.07) is 13.2. The highest BCUT2D eigenvalue weighted by atomic mass is 32.2. The number of benzene rings is 2. The predicted molar refractivity (Wildman–Crippen MR) is 120 cm³/mol. The summed E-state index contributed by atoms with van der Waals surface area (Å²) in [5.74, 6) is -1.34. The zero-order valence-corrected chi connectivity index (χ0v) is 19.1. The third-order valence-corrected chi connectivity index (χ3v) is 7.82. The third-order valence-electron chi connectivity index (χ3n) is 5.91. The fourth-order valence-electron chi connectivity index (χ4n) is 4.08. The number of ether oxygens (including phenoxy) is 2. The van der Waals surface area contributed by atoms with Crippen molar-refractivity contribution in [2.24, 2.45) is 0 Å². The first-order valence-corrected chi connectivity index (χ1v) is 12.4. The second-order valence-corrected chi connectivity index (χ2v) is 9.85. The first kappa shape index (κ1) is 23.8. The molecule has 2 aliphatic rings. The van der Waals surface area contributed by atoms with Gasteiger partial charge in [-0.2, -0.15) is 4.31 Å². The van der Waals surface area contributed by atoms with Crippen LogP contribution in [0.3, 0.4) is 0 Å². The molecule has 1 amide bonds. The van der Waals surface area contributed by atoms with Gasteiger partial charge in [-0.25, -0.2) is 12.8 Å². The van der Waals surface area contributed by atoms with Crippen molar-refractivity contribution in [1.29, 1.82) is 0 Å². The van der Waals surface area contributed by atoms with Gasteiger partial charge < -0.3 is 14.8 Å². The van der Waals surface area contributed by atoms with Crippen LogP contribution in [0.15, 0.2) is 53.4 Å². The van der Waals surface area contributed by atoms with Gasteiger partial charge in [-0.1, -0.05) is 30.3 Å². The lowest BCUT2D eigenvalue weighted by molar-refractivity contribution is 0.0162. The van der Waals surface area contributed by atoms with E-state index in [-0.39, 0.29) is 37.9 Å². The van der Waals surface area contributed by atoms with Gasteiger partial charge in [0.2, 0.25) is 10.0 Å². The number of amides is 1. The number of carbonyl (C=O) groups excluding carboxylic acids is 1. The standard InChI is InChI=1S/C23H28FN3O5S/c24-20-7-6-19(16-22(20)33(29,30)27-10-14-32-15-11-27)23(28)25-17-21(18-4-2-1-3-5-18)26-8-12-31-13-9-26/h1-7,16,21H,8-15,17H2,(H,25,28). The maximum atomic E-state index is 14.5. The van der Waals surface area contributed by atoms with E-state index in [9.17, 15) is 17.6 Å². The van der Waals surface area contributed by atoms with Gasteiger partial charge in [-0.05, 0) is 23.8 Å². The molecule has 2 heterocycles. The molecular formula is C23H28FN3O5S. The minimum atomic E-state index is -4.06. The molecule has 178 valence electrons. The van der Waals surface area contributed by atoms with Gasteiger partial charge in [-0.15, -0.1) is 0 Å². The number of sulfonamides is 1. The second-order valence-electron chi connectivity index (χ2n) is 7.95. The highest BCUT2D eigenvalue weighted by molar-refractivity contribution is 7.89. The molecule has 2 aromatic carbocycles. The van der Waals surface area contributed by atoms with Gasteiger partial charge in [-0.3, -0.25) is 9.69 Å². The SMILES string of the molecule is O=C(NCC(c1ccccc1)N1CCOCC1)c1ccc(F)c(S(=O)(=O)N2CCOCC2)c1. The van der Waals surface area contributed by atoms with Crippen LogP contribution in [0.25, 0.3) is 0 Å². The number of nitrogens with one attached hydrogen (secondary N) is 1. The van der Waals surface area contributed by atoms with Crippen molar-refractivity contribution < 1.29 is 27.1 Å². The van der Waals surface area contributed by atoms with Gasteiger partial charge in [0.1, 0.15) is 10.7 Å². The maximum Gasteiger partial charge on any atom is 0.251 e. The number of nitrogens with zero attached hydrogens (tertiary/aromatic N) is 2. The van der Waals surface area contributed by atoms with Crippen molar-refractivity contribution in [3.8, 4) is 0 Å². The van der Waals surface area contributed by atoms with E-state index in [1.165, 1.54) is 10.4 Å². The average Bonchev–Trinajstić information content (AvgIpc) is 2.86. The Morgan fingerprint density at radius 1 is 0.970 bits per heavy atom. The molecule has 1 N–H and O–H groups in total. The molecule has 0 radical (unpaired) electrons. The molecule has 2 aromatic rings. The van der Waals surface area contributed by atoms with Crippen molar-refractivity contribution in [1.82, 2.24) is 14.5 Å². The van der Waals surface area contributed by atoms with Crippen molar-refractivity contribution in [2.45, 2.75) is 10.9 Å². The molecule has 10 heteroatoms. The van der Waals surface area contributed by atoms with E-state index in [1.54, 1.807) is 0 Å². The minimum absolute atomic E-state index is 0.0592. The normalized spacial score (nSPS) is 19.2. The van der Waals surface area contributed by atoms with Crippen molar-refractivity contribution in [3.05, 3.63) is 65.5 Å². The Morgan fingerprint density at radius 3 is 2.27 bits per heavy atom. The van der Waals surface area contributed by atoms with Crippen LogP contribution in [0, 0.1) is 5.82 Å². The molecule has 4 rings (SSSR count). The van der Waals surface area contributed by atoms with E-state index in [2.05, 4.69) is 10.2 Å². The van der Waals surface area contributed by atoms with Crippen LogP contribution in [-0.4, -0.2) is 82.7 Å². The van der Waals surface area contributed by atoms with Gasteiger partial charge in [0.25, 0.3) is 5.91 Å². The number of morpholine rings is 2. The third kappa shape index (κ3) is 5.59. The van der Waals surface area contributed by atoms with E-state index in [4.69, 9.17) is 9.47 Å². The second kappa shape index (κ2) is 10.7. The van der Waals surface area contributed by atoms with Crippen molar-refractivity contribution in [3.63, 3.8) is 0 Å². The summed E-state index contributed by atoms with van der Waals surface area (Å²) in [6.07, 6.45) is 0. The molecule has 2 saturated heterocycles. The average molecular weight is 478 g/mol. The highest BCUT2D eigenvalue weighted by Crippen LogP contribution is 2.23. The number of halogens is 1. The van der Waals surface area contributed by atoms with Crippen LogP contribution >= 0.6 is 0 Å².